The summed E-state index contributed by atoms with van der Waals surface area (Å²) >= 11 is 0. The Hall–Kier alpha value is -2.73. The number of benzene rings is 1. The van der Waals surface area contributed by atoms with Crippen LogP contribution >= 0.6 is 0 Å². The Kier molecular flexibility index (Phi) is 9.01. The first kappa shape index (κ1) is 24.9. The molecule has 1 saturated carbocycles. The van der Waals surface area contributed by atoms with Gasteiger partial charge in [-0.05, 0) is 60.5 Å². The highest BCUT2D eigenvalue weighted by Crippen LogP contribution is 2.23. The van der Waals surface area contributed by atoms with Crippen molar-refractivity contribution in [3.05, 3.63) is 59.9 Å². The van der Waals surface area contributed by atoms with Gasteiger partial charge in [-0.1, -0.05) is 58.2 Å². The van der Waals surface area contributed by atoms with Gasteiger partial charge in [0.1, 0.15) is 0 Å². The standard InChI is InChI=1S/C16H20N2.C11H18N2O2/c1-16(2,3)14-6-8-15(9-7-14)18-12-13-5-4-10-17-11-13;14-10(9-6-7-12-9)11(15)13-8-4-2-1-3-5-8/h4-11,18H,12H2,1-3H3;8-9,12H,1-7H2,(H,13,15). The molecular formula is C27H38N4O2. The lowest BCUT2D eigenvalue weighted by Gasteiger charge is -2.27. The molecule has 1 saturated heterocycles. The first-order chi connectivity index (χ1) is 15.8. The number of pyridine rings is 1. The van der Waals surface area contributed by atoms with Crippen molar-refractivity contribution in [3.63, 3.8) is 0 Å². The van der Waals surface area contributed by atoms with Crippen LogP contribution in [0.4, 0.5) is 5.69 Å². The molecule has 0 bridgehead atoms. The van der Waals surface area contributed by atoms with E-state index >= 15 is 0 Å². The average molecular weight is 451 g/mol. The zero-order chi connectivity index (χ0) is 23.7. The van der Waals surface area contributed by atoms with Crippen LogP contribution in [0.1, 0.15) is 70.4 Å². The molecule has 2 heterocycles. The monoisotopic (exact) mass is 450 g/mol. The van der Waals surface area contributed by atoms with Crippen LogP contribution in [0.2, 0.25) is 0 Å². The van der Waals surface area contributed by atoms with Crippen molar-refractivity contribution in [3.8, 4) is 0 Å². The minimum absolute atomic E-state index is 0.210. The highest BCUT2D eigenvalue weighted by molar-refractivity contribution is 6.38. The van der Waals surface area contributed by atoms with Crippen LogP contribution in [0.5, 0.6) is 0 Å². The molecule has 2 aliphatic rings. The summed E-state index contributed by atoms with van der Waals surface area (Å²) in [5.74, 6) is -0.675. The Bertz CT molecular complexity index is 881. The van der Waals surface area contributed by atoms with Gasteiger partial charge in [0, 0.05) is 30.7 Å². The summed E-state index contributed by atoms with van der Waals surface area (Å²) in [4.78, 5) is 27.2. The molecule has 1 aliphatic carbocycles. The normalized spacial score (nSPS) is 18.3. The number of aromatic nitrogens is 1. The fourth-order valence-corrected chi connectivity index (χ4v) is 3.97. The Morgan fingerprint density at radius 1 is 1.03 bits per heavy atom. The van der Waals surface area contributed by atoms with Crippen LogP contribution in [-0.2, 0) is 21.5 Å². The summed E-state index contributed by atoms with van der Waals surface area (Å²) in [7, 11) is 0. The van der Waals surface area contributed by atoms with E-state index < -0.39 is 0 Å². The first-order valence-corrected chi connectivity index (χ1v) is 12.1. The number of hydrogen-bond acceptors (Lipinski definition) is 5. The third-order valence-electron chi connectivity index (χ3n) is 6.27. The molecule has 2 aromatic rings. The highest BCUT2D eigenvalue weighted by atomic mass is 16.2. The molecule has 3 N–H and O–H groups in total. The van der Waals surface area contributed by atoms with Gasteiger partial charge in [-0.25, -0.2) is 0 Å². The van der Waals surface area contributed by atoms with Crippen molar-refractivity contribution in [2.24, 2.45) is 0 Å². The van der Waals surface area contributed by atoms with Gasteiger partial charge in [0.15, 0.2) is 0 Å². The quantitative estimate of drug-likeness (QED) is 0.570. The van der Waals surface area contributed by atoms with Crippen LogP contribution in [0.25, 0.3) is 0 Å². The predicted molar refractivity (Wildman–Crippen MR) is 133 cm³/mol. The van der Waals surface area contributed by atoms with E-state index in [0.29, 0.717) is 0 Å². The van der Waals surface area contributed by atoms with Gasteiger partial charge in [0.2, 0.25) is 5.78 Å². The van der Waals surface area contributed by atoms with Gasteiger partial charge in [-0.2, -0.15) is 0 Å². The molecule has 1 amide bonds. The second-order valence-corrected chi connectivity index (χ2v) is 10.0. The van der Waals surface area contributed by atoms with Crippen LogP contribution in [0, 0.1) is 0 Å². The Labute approximate surface area is 198 Å². The van der Waals surface area contributed by atoms with E-state index in [2.05, 4.69) is 72.0 Å². The summed E-state index contributed by atoms with van der Waals surface area (Å²) < 4.78 is 0. The third-order valence-corrected chi connectivity index (χ3v) is 6.27. The maximum Gasteiger partial charge on any atom is 0.289 e. The summed E-state index contributed by atoms with van der Waals surface area (Å²) in [6.07, 6.45) is 10.1. The molecule has 33 heavy (non-hydrogen) atoms. The lowest BCUT2D eigenvalue weighted by atomic mass is 9.87. The van der Waals surface area contributed by atoms with E-state index in [1.54, 1.807) is 6.20 Å². The lowest BCUT2D eigenvalue weighted by molar-refractivity contribution is -0.140. The molecule has 6 nitrogen and oxygen atoms in total. The van der Waals surface area contributed by atoms with Crippen molar-refractivity contribution < 1.29 is 9.59 Å². The number of amides is 1. The molecule has 6 heteroatoms. The number of hydrogen-bond donors (Lipinski definition) is 3. The predicted octanol–water partition coefficient (Wildman–Crippen LogP) is 4.36. The molecule has 1 aromatic heterocycles. The largest absolute Gasteiger partial charge is 0.381 e. The average Bonchev–Trinajstić information content (AvgIpc) is 2.78. The van der Waals surface area contributed by atoms with Crippen molar-refractivity contribution >= 4 is 17.4 Å². The summed E-state index contributed by atoms with van der Waals surface area (Å²) in [5, 5.41) is 9.19. The second-order valence-electron chi connectivity index (χ2n) is 10.0. The SMILES string of the molecule is CC(C)(C)c1ccc(NCc2cccnc2)cc1.O=C(NC1CCCCC1)C(=O)C1CCN1. The van der Waals surface area contributed by atoms with Crippen LogP contribution in [0.15, 0.2) is 48.8 Å². The summed E-state index contributed by atoms with van der Waals surface area (Å²) in [5.41, 5.74) is 3.90. The van der Waals surface area contributed by atoms with Gasteiger partial charge in [0.25, 0.3) is 5.91 Å². The van der Waals surface area contributed by atoms with Gasteiger partial charge in [-0.15, -0.1) is 0 Å². The highest BCUT2D eigenvalue weighted by Gasteiger charge is 2.30. The van der Waals surface area contributed by atoms with Crippen LogP contribution in [-0.4, -0.2) is 35.3 Å². The second kappa shape index (κ2) is 11.9. The zero-order valence-corrected chi connectivity index (χ0v) is 20.2. The molecule has 1 aliphatic heterocycles. The molecule has 2 fully saturated rings. The molecule has 1 aromatic carbocycles. The molecule has 1 unspecified atom stereocenters. The first-order valence-electron chi connectivity index (χ1n) is 12.1. The summed E-state index contributed by atoms with van der Waals surface area (Å²) in [6.45, 7) is 8.34. The molecule has 0 spiro atoms. The minimum atomic E-state index is -0.390. The maximum absolute atomic E-state index is 11.5. The van der Waals surface area contributed by atoms with E-state index in [0.717, 1.165) is 38.0 Å². The number of anilines is 1. The molecule has 4 rings (SSSR count). The number of nitrogens with one attached hydrogen (secondary N) is 3. The third kappa shape index (κ3) is 7.97. The van der Waals surface area contributed by atoms with E-state index in [4.69, 9.17) is 0 Å². The van der Waals surface area contributed by atoms with Gasteiger partial charge in [0.05, 0.1) is 6.04 Å². The number of rotatable bonds is 6. The molecule has 1 atom stereocenters. The Morgan fingerprint density at radius 3 is 2.27 bits per heavy atom. The maximum atomic E-state index is 11.5. The van der Waals surface area contributed by atoms with Gasteiger partial charge >= 0.3 is 0 Å². The van der Waals surface area contributed by atoms with Crippen LogP contribution < -0.4 is 16.0 Å². The lowest BCUT2D eigenvalue weighted by Crippen LogP contribution is -2.54. The zero-order valence-electron chi connectivity index (χ0n) is 20.2. The van der Waals surface area contributed by atoms with Crippen molar-refractivity contribution in [2.45, 2.75) is 83.3 Å². The fourth-order valence-electron chi connectivity index (χ4n) is 3.97. The van der Waals surface area contributed by atoms with E-state index in [1.165, 1.54) is 30.4 Å². The topological polar surface area (TPSA) is 83.1 Å². The van der Waals surface area contributed by atoms with E-state index in [9.17, 15) is 9.59 Å². The van der Waals surface area contributed by atoms with Crippen LogP contribution in [0.3, 0.4) is 0 Å². The smallest absolute Gasteiger partial charge is 0.289 e. The van der Waals surface area contributed by atoms with Crippen molar-refractivity contribution in [1.29, 1.82) is 0 Å². The van der Waals surface area contributed by atoms with Gasteiger partial charge < -0.3 is 16.0 Å². The van der Waals surface area contributed by atoms with E-state index in [-0.39, 0.29) is 29.2 Å². The number of Topliss-reactive ketones (excluding diaryl/α,β-unsaturated/α-hetero) is 1. The number of ketones is 1. The Morgan fingerprint density at radius 2 is 1.73 bits per heavy atom. The molecular weight excluding hydrogens is 412 g/mol. The fraction of sp³-hybridized carbons (Fsp3) is 0.519. The van der Waals surface area contributed by atoms with Crippen molar-refractivity contribution in [2.75, 3.05) is 11.9 Å². The molecule has 0 radical (unpaired) electrons. The Balaban J connectivity index is 0.000000189. The number of carbonyl (C=O) groups excluding carboxylic acids is 2. The minimum Gasteiger partial charge on any atom is -0.381 e. The van der Waals surface area contributed by atoms with E-state index in [1.807, 2.05) is 12.3 Å². The molecule has 178 valence electrons. The van der Waals surface area contributed by atoms with Gasteiger partial charge in [-0.3, -0.25) is 14.6 Å². The number of nitrogens with zero attached hydrogens (tertiary/aromatic N) is 1. The number of carbonyl (C=O) groups is 2. The van der Waals surface area contributed by atoms with Crippen molar-refractivity contribution in [1.82, 2.24) is 15.6 Å². The summed E-state index contributed by atoms with van der Waals surface area (Å²) in [6, 6.07) is 12.7.